The van der Waals surface area contributed by atoms with Crippen LogP contribution in [0.5, 0.6) is 0 Å². The van der Waals surface area contributed by atoms with Crippen LogP contribution in [0, 0.1) is 13.8 Å². The predicted octanol–water partition coefficient (Wildman–Crippen LogP) is 2.45. The molecule has 0 aromatic carbocycles. The molecule has 0 fully saturated rings. The minimum absolute atomic E-state index is 0.393. The van der Waals surface area contributed by atoms with Gasteiger partial charge in [-0.2, -0.15) is 4.68 Å². The van der Waals surface area contributed by atoms with E-state index in [4.69, 9.17) is 5.73 Å². The van der Waals surface area contributed by atoms with Crippen molar-refractivity contribution in [1.29, 1.82) is 0 Å². The Hall–Kier alpha value is -1.57. The molecule has 104 valence electrons. The third kappa shape index (κ3) is 2.39. The van der Waals surface area contributed by atoms with Gasteiger partial charge in [-0.1, -0.05) is 22.6 Å². The van der Waals surface area contributed by atoms with Crippen molar-refractivity contribution in [3.8, 4) is 5.13 Å². The molecule has 0 unspecified atom stereocenters. The molecule has 0 radical (unpaired) electrons. The summed E-state index contributed by atoms with van der Waals surface area (Å²) in [5.41, 5.74) is 8.68. The van der Waals surface area contributed by atoms with Crippen LogP contribution in [0.15, 0.2) is 17.5 Å². The maximum Gasteiger partial charge on any atom is 0.212 e. The largest absolute Gasteiger partial charge is 0.325 e. The first-order chi connectivity index (χ1) is 9.69. The molecule has 20 heavy (non-hydrogen) atoms. The summed E-state index contributed by atoms with van der Waals surface area (Å²) >= 11 is 3.36. The Balaban J connectivity index is 2.04. The molecule has 0 bridgehead atoms. The van der Waals surface area contributed by atoms with Crippen molar-refractivity contribution >= 4 is 22.7 Å². The Bertz CT molecular complexity index is 692. The van der Waals surface area contributed by atoms with Crippen LogP contribution in [-0.4, -0.2) is 20.0 Å². The summed E-state index contributed by atoms with van der Waals surface area (Å²) in [7, 11) is 0. The average Bonchev–Trinajstić information content (AvgIpc) is 3.13. The van der Waals surface area contributed by atoms with Gasteiger partial charge < -0.3 is 5.73 Å². The molecule has 2 N–H and O–H groups in total. The van der Waals surface area contributed by atoms with Gasteiger partial charge in [-0.3, -0.25) is 0 Å². The third-order valence-electron chi connectivity index (χ3n) is 3.16. The molecule has 0 aliphatic heterocycles. The van der Waals surface area contributed by atoms with Crippen LogP contribution in [0.3, 0.4) is 0 Å². The molecule has 3 aromatic heterocycles. The van der Waals surface area contributed by atoms with E-state index in [1.165, 1.54) is 9.75 Å². The van der Waals surface area contributed by atoms with Crippen LogP contribution >= 0.6 is 22.7 Å². The summed E-state index contributed by atoms with van der Waals surface area (Å²) in [6.45, 7) is 4.47. The Kier molecular flexibility index (Phi) is 3.64. The van der Waals surface area contributed by atoms with Gasteiger partial charge in [-0.15, -0.1) is 16.4 Å². The number of nitrogens with zero attached hydrogens (tertiary/aromatic N) is 4. The summed E-state index contributed by atoms with van der Waals surface area (Å²) in [6.07, 6.45) is 0.787. The molecule has 0 aliphatic rings. The first-order valence-electron chi connectivity index (χ1n) is 6.29. The van der Waals surface area contributed by atoms with Gasteiger partial charge in [0.2, 0.25) is 5.13 Å². The molecule has 7 heteroatoms. The van der Waals surface area contributed by atoms with Crippen molar-refractivity contribution in [3.05, 3.63) is 44.3 Å². The lowest BCUT2D eigenvalue weighted by Gasteiger charge is -2.03. The molecule has 0 amide bonds. The molecule has 0 atom stereocenters. The fourth-order valence-corrected chi connectivity index (χ4v) is 3.54. The van der Waals surface area contributed by atoms with Crippen molar-refractivity contribution in [2.24, 2.45) is 5.73 Å². The van der Waals surface area contributed by atoms with Crippen molar-refractivity contribution in [2.75, 3.05) is 0 Å². The zero-order valence-electron chi connectivity index (χ0n) is 11.3. The number of hydrogen-bond acceptors (Lipinski definition) is 6. The van der Waals surface area contributed by atoms with Gasteiger partial charge in [0, 0.05) is 22.7 Å². The van der Waals surface area contributed by atoms with Gasteiger partial charge in [-0.25, -0.2) is 4.98 Å². The summed E-state index contributed by atoms with van der Waals surface area (Å²) in [5.74, 6) is 0. The quantitative estimate of drug-likeness (QED) is 0.804. The van der Waals surface area contributed by atoms with E-state index in [1.807, 2.05) is 17.7 Å². The number of aromatic nitrogens is 4. The molecule has 0 saturated heterocycles. The van der Waals surface area contributed by atoms with E-state index in [0.717, 1.165) is 28.6 Å². The van der Waals surface area contributed by atoms with Gasteiger partial charge in [0.1, 0.15) is 5.69 Å². The topological polar surface area (TPSA) is 69.6 Å². The normalized spacial score (nSPS) is 11.2. The summed E-state index contributed by atoms with van der Waals surface area (Å²) < 4.78 is 1.83. The van der Waals surface area contributed by atoms with Crippen LogP contribution in [0.25, 0.3) is 5.13 Å². The number of thiazole rings is 1. The number of hydrogen-bond donors (Lipinski definition) is 1. The number of nitrogens with two attached hydrogens (primary N) is 1. The first kappa shape index (κ1) is 13.4. The van der Waals surface area contributed by atoms with E-state index in [2.05, 4.69) is 33.7 Å². The zero-order chi connectivity index (χ0) is 14.1. The summed E-state index contributed by atoms with van der Waals surface area (Å²) in [6, 6.07) is 4.16. The monoisotopic (exact) mass is 305 g/mol. The molecular formula is C13H15N5S2. The van der Waals surface area contributed by atoms with Gasteiger partial charge in [0.25, 0.3) is 0 Å². The number of aryl methyl sites for hydroxylation is 2. The number of thiophene rings is 1. The maximum atomic E-state index is 5.78. The Morgan fingerprint density at radius 2 is 2.20 bits per heavy atom. The molecule has 0 aliphatic carbocycles. The van der Waals surface area contributed by atoms with Crippen molar-refractivity contribution in [1.82, 2.24) is 20.0 Å². The fraction of sp³-hybridized carbons (Fsp3) is 0.308. The van der Waals surface area contributed by atoms with Crippen LogP contribution in [0.4, 0.5) is 0 Å². The van der Waals surface area contributed by atoms with Crippen molar-refractivity contribution in [3.63, 3.8) is 0 Å². The van der Waals surface area contributed by atoms with Crippen LogP contribution in [0.1, 0.15) is 26.8 Å². The predicted molar refractivity (Wildman–Crippen MR) is 81.5 cm³/mol. The summed E-state index contributed by atoms with van der Waals surface area (Å²) in [5, 5.41) is 11.4. The lowest BCUT2D eigenvalue weighted by atomic mass is 10.2. The molecule has 3 aromatic rings. The van der Waals surface area contributed by atoms with Crippen molar-refractivity contribution < 1.29 is 0 Å². The third-order valence-corrected chi connectivity index (χ3v) is 5.08. The average molecular weight is 305 g/mol. The van der Waals surface area contributed by atoms with E-state index >= 15 is 0 Å². The lowest BCUT2D eigenvalue weighted by molar-refractivity contribution is 0.765. The second-order valence-corrected chi connectivity index (χ2v) is 6.71. The first-order valence-corrected chi connectivity index (χ1v) is 7.99. The smallest absolute Gasteiger partial charge is 0.212 e. The molecule has 0 spiro atoms. The zero-order valence-corrected chi connectivity index (χ0v) is 13.0. The molecular weight excluding hydrogens is 290 g/mol. The van der Waals surface area contributed by atoms with E-state index in [9.17, 15) is 0 Å². The highest BCUT2D eigenvalue weighted by Gasteiger charge is 2.17. The Morgan fingerprint density at radius 1 is 1.35 bits per heavy atom. The van der Waals surface area contributed by atoms with E-state index < -0.39 is 0 Å². The standard InChI is InChI=1S/C13H15N5S2/c1-8-9(2)20-13(15-8)18-12(11(7-14)16-17-18)6-10-4-3-5-19-10/h3-5H,6-7,14H2,1-2H3. The molecule has 3 rings (SSSR count). The van der Waals surface area contributed by atoms with Gasteiger partial charge >= 0.3 is 0 Å². The minimum atomic E-state index is 0.393. The molecule has 5 nitrogen and oxygen atoms in total. The SMILES string of the molecule is Cc1nc(-n2nnc(CN)c2Cc2cccs2)sc1C. The second kappa shape index (κ2) is 5.43. The van der Waals surface area contributed by atoms with E-state index in [0.29, 0.717) is 6.54 Å². The summed E-state index contributed by atoms with van der Waals surface area (Å²) in [4.78, 5) is 7.03. The lowest BCUT2D eigenvalue weighted by Crippen LogP contribution is -2.06. The molecule has 3 heterocycles. The Morgan fingerprint density at radius 3 is 2.80 bits per heavy atom. The van der Waals surface area contributed by atoms with Crippen LogP contribution < -0.4 is 5.73 Å². The highest BCUT2D eigenvalue weighted by Crippen LogP contribution is 2.24. The highest BCUT2D eigenvalue weighted by atomic mass is 32.1. The van der Waals surface area contributed by atoms with Gasteiger partial charge in [-0.05, 0) is 25.3 Å². The van der Waals surface area contributed by atoms with Gasteiger partial charge in [0.15, 0.2) is 0 Å². The van der Waals surface area contributed by atoms with Gasteiger partial charge in [0.05, 0.1) is 11.4 Å². The van der Waals surface area contributed by atoms with E-state index in [-0.39, 0.29) is 0 Å². The highest BCUT2D eigenvalue weighted by molar-refractivity contribution is 7.14. The van der Waals surface area contributed by atoms with E-state index in [1.54, 1.807) is 22.7 Å². The number of rotatable bonds is 4. The second-order valence-electron chi connectivity index (χ2n) is 4.49. The fourth-order valence-electron chi connectivity index (χ4n) is 1.95. The maximum absolute atomic E-state index is 5.78. The minimum Gasteiger partial charge on any atom is -0.325 e. The van der Waals surface area contributed by atoms with Crippen molar-refractivity contribution in [2.45, 2.75) is 26.8 Å². The Labute approximate surface area is 125 Å². The van der Waals surface area contributed by atoms with Crippen LogP contribution in [0.2, 0.25) is 0 Å². The molecule has 0 saturated carbocycles. The van der Waals surface area contributed by atoms with Crippen LogP contribution in [-0.2, 0) is 13.0 Å².